The summed E-state index contributed by atoms with van der Waals surface area (Å²) >= 11 is 0. The first-order chi connectivity index (χ1) is 15.5. The summed E-state index contributed by atoms with van der Waals surface area (Å²) in [6.45, 7) is 1.84. The molecular formula is C26H32N2O3S. The van der Waals surface area contributed by atoms with Gasteiger partial charge in [-0.15, -0.1) is 0 Å². The van der Waals surface area contributed by atoms with Crippen LogP contribution in [0.2, 0.25) is 0 Å². The van der Waals surface area contributed by atoms with Crippen molar-refractivity contribution in [2.75, 3.05) is 19.6 Å². The van der Waals surface area contributed by atoms with E-state index >= 15 is 0 Å². The van der Waals surface area contributed by atoms with E-state index < -0.39 is 10.0 Å². The number of piperidine rings is 1. The molecule has 0 aromatic heterocycles. The Labute approximate surface area is 191 Å². The maximum Gasteiger partial charge on any atom is 0.251 e. The fourth-order valence-corrected chi connectivity index (χ4v) is 6.00. The summed E-state index contributed by atoms with van der Waals surface area (Å²) in [6, 6.07) is 14.5. The van der Waals surface area contributed by atoms with Crippen LogP contribution in [0.5, 0.6) is 0 Å². The van der Waals surface area contributed by atoms with Crippen molar-refractivity contribution in [1.82, 2.24) is 9.62 Å². The van der Waals surface area contributed by atoms with Crippen molar-refractivity contribution in [3.05, 3.63) is 65.7 Å². The minimum Gasteiger partial charge on any atom is -0.352 e. The molecule has 1 aliphatic carbocycles. The van der Waals surface area contributed by atoms with Gasteiger partial charge in [0, 0.05) is 25.2 Å². The molecule has 1 saturated heterocycles. The smallest absolute Gasteiger partial charge is 0.251 e. The molecule has 1 N–H and O–H groups in total. The number of amides is 1. The van der Waals surface area contributed by atoms with Gasteiger partial charge >= 0.3 is 0 Å². The van der Waals surface area contributed by atoms with Gasteiger partial charge in [0.2, 0.25) is 10.0 Å². The average Bonchev–Trinajstić information content (AvgIpc) is 2.85. The van der Waals surface area contributed by atoms with E-state index in [2.05, 4.69) is 11.4 Å². The van der Waals surface area contributed by atoms with Crippen LogP contribution in [-0.4, -0.2) is 38.3 Å². The highest BCUT2D eigenvalue weighted by Gasteiger charge is 2.25. The summed E-state index contributed by atoms with van der Waals surface area (Å²) in [4.78, 5) is 12.9. The number of hydrogen-bond donors (Lipinski definition) is 1. The zero-order valence-electron chi connectivity index (χ0n) is 18.6. The van der Waals surface area contributed by atoms with Gasteiger partial charge in [-0.05, 0) is 80.3 Å². The lowest BCUT2D eigenvalue weighted by Gasteiger charge is -2.25. The van der Waals surface area contributed by atoms with Gasteiger partial charge < -0.3 is 5.32 Å². The van der Waals surface area contributed by atoms with Crippen LogP contribution in [0.1, 0.15) is 61.7 Å². The molecule has 0 saturated carbocycles. The van der Waals surface area contributed by atoms with Crippen molar-refractivity contribution in [2.45, 2.75) is 56.3 Å². The van der Waals surface area contributed by atoms with Crippen LogP contribution in [0.3, 0.4) is 0 Å². The Morgan fingerprint density at radius 3 is 2.41 bits per heavy atom. The van der Waals surface area contributed by atoms with E-state index in [4.69, 9.17) is 0 Å². The average molecular weight is 453 g/mol. The molecule has 1 heterocycles. The number of carbonyl (C=O) groups excluding carboxylic acids is 1. The first kappa shape index (κ1) is 22.7. The number of benzene rings is 2. The number of nitrogens with one attached hydrogen (secondary N) is 1. The van der Waals surface area contributed by atoms with E-state index in [0.717, 1.165) is 49.7 Å². The number of hydrogen-bond acceptors (Lipinski definition) is 3. The van der Waals surface area contributed by atoms with E-state index in [0.29, 0.717) is 30.1 Å². The largest absolute Gasteiger partial charge is 0.352 e. The minimum absolute atomic E-state index is 0.0763. The normalized spacial score (nSPS) is 17.6. The first-order valence-electron chi connectivity index (χ1n) is 11.7. The fourth-order valence-electron chi connectivity index (χ4n) is 4.48. The molecule has 2 aromatic carbocycles. The Balaban J connectivity index is 1.41. The van der Waals surface area contributed by atoms with Crippen molar-refractivity contribution < 1.29 is 13.2 Å². The monoisotopic (exact) mass is 452 g/mol. The van der Waals surface area contributed by atoms with Gasteiger partial charge in [-0.2, -0.15) is 4.31 Å². The van der Waals surface area contributed by atoms with Gasteiger partial charge in [0.05, 0.1) is 4.90 Å². The van der Waals surface area contributed by atoms with Gasteiger partial charge in [0.15, 0.2) is 0 Å². The van der Waals surface area contributed by atoms with Crippen molar-refractivity contribution in [1.29, 1.82) is 0 Å². The quantitative estimate of drug-likeness (QED) is 0.591. The summed E-state index contributed by atoms with van der Waals surface area (Å²) in [5.41, 5.74) is 3.86. The molecular weight excluding hydrogens is 420 g/mol. The maximum absolute atomic E-state index is 12.9. The fraction of sp³-hybridized carbons (Fsp3) is 0.423. The lowest BCUT2D eigenvalue weighted by molar-refractivity contribution is 0.0954. The highest BCUT2D eigenvalue weighted by molar-refractivity contribution is 7.89. The molecule has 5 nitrogen and oxygen atoms in total. The molecule has 32 heavy (non-hydrogen) atoms. The first-order valence-corrected chi connectivity index (χ1v) is 13.1. The maximum atomic E-state index is 12.9. The summed E-state index contributed by atoms with van der Waals surface area (Å²) in [6.07, 6.45) is 11.0. The number of nitrogens with zero attached hydrogens (tertiary/aromatic N) is 1. The molecule has 0 radical (unpaired) electrons. The van der Waals surface area contributed by atoms with Gasteiger partial charge in [-0.1, -0.05) is 42.3 Å². The Bertz CT molecular complexity index is 1070. The Morgan fingerprint density at radius 2 is 1.69 bits per heavy atom. The topological polar surface area (TPSA) is 66.5 Å². The molecule has 0 atom stereocenters. The zero-order chi connectivity index (χ0) is 22.4. The lowest BCUT2D eigenvalue weighted by atomic mass is 9.97. The molecule has 0 unspecified atom stereocenters. The van der Waals surface area contributed by atoms with Gasteiger partial charge in [-0.25, -0.2) is 8.42 Å². The number of sulfonamides is 1. The van der Waals surface area contributed by atoms with Crippen molar-refractivity contribution in [3.8, 4) is 11.1 Å². The highest BCUT2D eigenvalue weighted by Crippen LogP contribution is 2.25. The zero-order valence-corrected chi connectivity index (χ0v) is 19.4. The molecule has 4 rings (SSSR count). The predicted octanol–water partition coefficient (Wildman–Crippen LogP) is 5.15. The van der Waals surface area contributed by atoms with Gasteiger partial charge in [0.1, 0.15) is 0 Å². The number of carbonyl (C=O) groups is 1. The number of rotatable bonds is 7. The lowest BCUT2D eigenvalue weighted by Crippen LogP contribution is -2.35. The second-order valence-corrected chi connectivity index (χ2v) is 10.6. The van der Waals surface area contributed by atoms with Crippen molar-refractivity contribution >= 4 is 15.9 Å². The SMILES string of the molecule is O=C(NCCC1=CCCCC1)c1cccc(-c2ccc(S(=O)(=O)N3CCCCC3)cc2)c1. The summed E-state index contributed by atoms with van der Waals surface area (Å²) in [7, 11) is -3.44. The summed E-state index contributed by atoms with van der Waals surface area (Å²) < 4.78 is 27.3. The van der Waals surface area contributed by atoms with Crippen LogP contribution < -0.4 is 5.32 Å². The van der Waals surface area contributed by atoms with E-state index in [1.807, 2.05) is 36.4 Å². The molecule has 0 spiro atoms. The van der Waals surface area contributed by atoms with E-state index in [9.17, 15) is 13.2 Å². The molecule has 1 amide bonds. The molecule has 6 heteroatoms. The van der Waals surface area contributed by atoms with Gasteiger partial charge in [0.25, 0.3) is 5.91 Å². The molecule has 170 valence electrons. The van der Waals surface area contributed by atoms with Crippen LogP contribution >= 0.6 is 0 Å². The molecule has 2 aliphatic rings. The van der Waals surface area contributed by atoms with Crippen LogP contribution in [0, 0.1) is 0 Å². The number of allylic oxidation sites excluding steroid dienone is 1. The van der Waals surface area contributed by atoms with E-state index in [-0.39, 0.29) is 5.91 Å². The highest BCUT2D eigenvalue weighted by atomic mass is 32.2. The Morgan fingerprint density at radius 1 is 0.906 bits per heavy atom. The van der Waals surface area contributed by atoms with Gasteiger partial charge in [-0.3, -0.25) is 4.79 Å². The molecule has 1 fully saturated rings. The second kappa shape index (κ2) is 10.5. The molecule has 1 aliphatic heterocycles. The standard InChI is InChI=1S/C26H32N2O3S/c29-26(27-17-16-21-8-3-1-4-9-21)24-11-7-10-23(20-24)22-12-14-25(15-13-22)32(30,31)28-18-5-2-6-19-28/h7-8,10-15,20H,1-6,9,16-19H2,(H,27,29). The minimum atomic E-state index is -3.44. The van der Waals surface area contributed by atoms with Crippen LogP contribution in [0.4, 0.5) is 0 Å². The third-order valence-electron chi connectivity index (χ3n) is 6.38. The van der Waals surface area contributed by atoms with Crippen molar-refractivity contribution in [2.24, 2.45) is 0 Å². The Hall–Kier alpha value is -2.44. The second-order valence-electron chi connectivity index (χ2n) is 8.68. The Kier molecular flexibility index (Phi) is 7.43. The third-order valence-corrected chi connectivity index (χ3v) is 8.29. The van der Waals surface area contributed by atoms with Crippen LogP contribution in [0.15, 0.2) is 65.1 Å². The third kappa shape index (κ3) is 5.48. The molecule has 0 bridgehead atoms. The van der Waals surface area contributed by atoms with E-state index in [1.165, 1.54) is 18.4 Å². The van der Waals surface area contributed by atoms with Crippen molar-refractivity contribution in [3.63, 3.8) is 0 Å². The summed E-state index contributed by atoms with van der Waals surface area (Å²) in [5, 5.41) is 3.03. The van der Waals surface area contributed by atoms with Crippen LogP contribution in [-0.2, 0) is 10.0 Å². The molecule has 2 aromatic rings. The van der Waals surface area contributed by atoms with Crippen LogP contribution in [0.25, 0.3) is 11.1 Å². The van der Waals surface area contributed by atoms with E-state index in [1.54, 1.807) is 16.4 Å². The summed E-state index contributed by atoms with van der Waals surface area (Å²) in [5.74, 6) is -0.0763. The predicted molar refractivity (Wildman–Crippen MR) is 128 cm³/mol.